The van der Waals surface area contributed by atoms with Crippen LogP contribution in [0.1, 0.15) is 19.4 Å². The summed E-state index contributed by atoms with van der Waals surface area (Å²) >= 11 is 0. The van der Waals surface area contributed by atoms with E-state index in [1.807, 2.05) is 13.8 Å². The monoisotopic (exact) mass is 239 g/mol. The standard InChI is InChI=1S/C10H17N5O2/c1-6(2)8(15-10(11)17)9(16)12-3-7-4-13-14-5-7/h4-6,8H,3H2,1-2H3,(H,12,16)(H,13,14)(H3,11,15,17). The summed E-state index contributed by atoms with van der Waals surface area (Å²) in [5, 5.41) is 11.5. The molecule has 5 N–H and O–H groups in total. The lowest BCUT2D eigenvalue weighted by atomic mass is 10.0. The fourth-order valence-electron chi connectivity index (χ4n) is 1.36. The maximum absolute atomic E-state index is 11.8. The van der Waals surface area contributed by atoms with E-state index in [1.54, 1.807) is 12.4 Å². The van der Waals surface area contributed by atoms with Gasteiger partial charge in [0.15, 0.2) is 0 Å². The van der Waals surface area contributed by atoms with Gasteiger partial charge >= 0.3 is 6.03 Å². The van der Waals surface area contributed by atoms with Gasteiger partial charge in [-0.15, -0.1) is 0 Å². The second kappa shape index (κ2) is 5.88. The Hall–Kier alpha value is -2.05. The predicted molar refractivity (Wildman–Crippen MR) is 61.8 cm³/mol. The van der Waals surface area contributed by atoms with Crippen molar-refractivity contribution in [3.63, 3.8) is 0 Å². The summed E-state index contributed by atoms with van der Waals surface area (Å²) in [6.07, 6.45) is 3.30. The summed E-state index contributed by atoms with van der Waals surface area (Å²) in [5.41, 5.74) is 5.88. The lowest BCUT2D eigenvalue weighted by molar-refractivity contribution is -0.124. The SMILES string of the molecule is CC(C)C(NC(N)=O)C(=O)NCc1cn[nH]c1. The molecule has 0 saturated carbocycles. The van der Waals surface area contributed by atoms with Crippen LogP contribution in [0.25, 0.3) is 0 Å². The highest BCUT2D eigenvalue weighted by Gasteiger charge is 2.22. The average molecular weight is 239 g/mol. The molecule has 0 fully saturated rings. The van der Waals surface area contributed by atoms with Gasteiger partial charge in [0.25, 0.3) is 0 Å². The van der Waals surface area contributed by atoms with Crippen molar-refractivity contribution in [1.29, 1.82) is 0 Å². The number of nitrogens with zero attached hydrogens (tertiary/aromatic N) is 1. The van der Waals surface area contributed by atoms with Crippen molar-refractivity contribution in [1.82, 2.24) is 20.8 Å². The predicted octanol–water partition coefficient (Wildman–Crippen LogP) is -0.281. The van der Waals surface area contributed by atoms with Crippen molar-refractivity contribution in [3.8, 4) is 0 Å². The molecule has 17 heavy (non-hydrogen) atoms. The minimum Gasteiger partial charge on any atom is -0.352 e. The second-order valence-electron chi connectivity index (χ2n) is 4.05. The van der Waals surface area contributed by atoms with Crippen LogP contribution in [0, 0.1) is 5.92 Å². The molecule has 1 heterocycles. The van der Waals surface area contributed by atoms with Crippen molar-refractivity contribution in [2.75, 3.05) is 0 Å². The van der Waals surface area contributed by atoms with Gasteiger partial charge in [0.2, 0.25) is 5.91 Å². The Balaban J connectivity index is 2.50. The first-order chi connectivity index (χ1) is 8.00. The molecule has 7 heteroatoms. The third-order valence-electron chi connectivity index (χ3n) is 2.27. The van der Waals surface area contributed by atoms with Gasteiger partial charge in [0.1, 0.15) is 6.04 Å². The number of H-pyrrole nitrogens is 1. The summed E-state index contributed by atoms with van der Waals surface area (Å²) in [5.74, 6) is -0.299. The molecule has 7 nitrogen and oxygen atoms in total. The molecular formula is C10H17N5O2. The maximum atomic E-state index is 11.8. The van der Waals surface area contributed by atoms with Crippen LogP contribution in [0.15, 0.2) is 12.4 Å². The number of nitrogens with one attached hydrogen (secondary N) is 3. The van der Waals surface area contributed by atoms with E-state index in [0.717, 1.165) is 5.56 Å². The van der Waals surface area contributed by atoms with Crippen molar-refractivity contribution in [3.05, 3.63) is 18.0 Å². The smallest absolute Gasteiger partial charge is 0.312 e. The number of nitrogens with two attached hydrogens (primary N) is 1. The second-order valence-corrected chi connectivity index (χ2v) is 4.05. The fourth-order valence-corrected chi connectivity index (χ4v) is 1.36. The van der Waals surface area contributed by atoms with Crippen LogP contribution < -0.4 is 16.4 Å². The zero-order valence-electron chi connectivity index (χ0n) is 9.86. The number of amides is 3. The Morgan fingerprint density at radius 3 is 2.71 bits per heavy atom. The zero-order valence-corrected chi connectivity index (χ0v) is 9.86. The van der Waals surface area contributed by atoms with Gasteiger partial charge in [-0.05, 0) is 5.92 Å². The molecule has 3 amide bonds. The lowest BCUT2D eigenvalue weighted by Gasteiger charge is -2.20. The van der Waals surface area contributed by atoms with Gasteiger partial charge in [-0.1, -0.05) is 13.8 Å². The Morgan fingerprint density at radius 1 is 1.53 bits per heavy atom. The summed E-state index contributed by atoms with van der Waals surface area (Å²) in [6, 6.07) is -1.33. The van der Waals surface area contributed by atoms with Crippen LogP contribution in [0.5, 0.6) is 0 Å². The van der Waals surface area contributed by atoms with E-state index in [2.05, 4.69) is 20.8 Å². The minimum atomic E-state index is -0.706. The van der Waals surface area contributed by atoms with E-state index in [9.17, 15) is 9.59 Å². The van der Waals surface area contributed by atoms with Gasteiger partial charge in [-0.2, -0.15) is 5.10 Å². The highest BCUT2D eigenvalue weighted by molar-refractivity contribution is 5.86. The Bertz CT molecular complexity index is 374. The van der Waals surface area contributed by atoms with E-state index in [4.69, 9.17) is 5.73 Å². The minimum absolute atomic E-state index is 0.0353. The van der Waals surface area contributed by atoms with Crippen LogP contribution in [0.3, 0.4) is 0 Å². The van der Waals surface area contributed by atoms with E-state index in [-0.39, 0.29) is 11.8 Å². The fraction of sp³-hybridized carbons (Fsp3) is 0.500. The van der Waals surface area contributed by atoms with Gasteiger partial charge in [-0.3, -0.25) is 9.89 Å². The molecule has 0 spiro atoms. The molecule has 0 saturated heterocycles. The number of aromatic amines is 1. The third-order valence-corrected chi connectivity index (χ3v) is 2.27. The zero-order chi connectivity index (χ0) is 12.8. The molecule has 0 radical (unpaired) electrons. The molecule has 0 aliphatic carbocycles. The molecule has 1 rings (SSSR count). The third kappa shape index (κ3) is 4.13. The molecule has 1 aromatic rings. The Kier molecular flexibility index (Phi) is 4.50. The molecule has 94 valence electrons. The first-order valence-electron chi connectivity index (χ1n) is 5.32. The van der Waals surface area contributed by atoms with Gasteiger partial charge in [-0.25, -0.2) is 4.79 Å². The molecule has 0 aliphatic heterocycles. The van der Waals surface area contributed by atoms with E-state index >= 15 is 0 Å². The van der Waals surface area contributed by atoms with E-state index in [0.29, 0.717) is 6.54 Å². The molecular weight excluding hydrogens is 222 g/mol. The Morgan fingerprint density at radius 2 is 2.24 bits per heavy atom. The Labute approximate surface area is 99.1 Å². The number of carbonyl (C=O) groups is 2. The highest BCUT2D eigenvalue weighted by atomic mass is 16.2. The highest BCUT2D eigenvalue weighted by Crippen LogP contribution is 2.02. The van der Waals surface area contributed by atoms with Gasteiger partial charge in [0.05, 0.1) is 6.20 Å². The van der Waals surface area contributed by atoms with Crippen LogP contribution in [-0.2, 0) is 11.3 Å². The molecule has 1 aromatic heterocycles. The number of primary amides is 1. The molecule has 0 aliphatic rings. The van der Waals surface area contributed by atoms with Crippen LogP contribution in [0.2, 0.25) is 0 Å². The number of rotatable bonds is 5. The van der Waals surface area contributed by atoms with Gasteiger partial charge in [0, 0.05) is 18.3 Å². The largest absolute Gasteiger partial charge is 0.352 e. The van der Waals surface area contributed by atoms with Crippen LogP contribution >= 0.6 is 0 Å². The number of aromatic nitrogens is 2. The lowest BCUT2D eigenvalue weighted by Crippen LogP contribution is -2.51. The van der Waals surface area contributed by atoms with Crippen LogP contribution in [0.4, 0.5) is 4.79 Å². The first kappa shape index (κ1) is 13.0. The summed E-state index contributed by atoms with van der Waals surface area (Å²) < 4.78 is 0. The van der Waals surface area contributed by atoms with E-state index in [1.165, 1.54) is 0 Å². The first-order valence-corrected chi connectivity index (χ1v) is 5.32. The van der Waals surface area contributed by atoms with Crippen LogP contribution in [-0.4, -0.2) is 28.2 Å². The van der Waals surface area contributed by atoms with Crippen molar-refractivity contribution in [2.24, 2.45) is 11.7 Å². The number of hydrogen-bond donors (Lipinski definition) is 4. The normalized spacial score (nSPS) is 12.2. The van der Waals surface area contributed by atoms with Crippen molar-refractivity contribution >= 4 is 11.9 Å². The van der Waals surface area contributed by atoms with Gasteiger partial charge < -0.3 is 16.4 Å². The van der Waals surface area contributed by atoms with E-state index < -0.39 is 12.1 Å². The quantitative estimate of drug-likeness (QED) is 0.566. The van der Waals surface area contributed by atoms with Crippen molar-refractivity contribution in [2.45, 2.75) is 26.4 Å². The number of urea groups is 1. The maximum Gasteiger partial charge on any atom is 0.312 e. The molecule has 1 atom stereocenters. The number of carbonyl (C=O) groups excluding carboxylic acids is 2. The summed E-state index contributed by atoms with van der Waals surface area (Å²) in [6.45, 7) is 4.02. The topological polar surface area (TPSA) is 113 Å². The molecule has 1 unspecified atom stereocenters. The molecule has 0 bridgehead atoms. The molecule has 0 aromatic carbocycles. The number of hydrogen-bond acceptors (Lipinski definition) is 3. The van der Waals surface area contributed by atoms with Crippen molar-refractivity contribution < 1.29 is 9.59 Å². The summed E-state index contributed by atoms with van der Waals surface area (Å²) in [7, 11) is 0. The summed E-state index contributed by atoms with van der Waals surface area (Å²) in [4.78, 5) is 22.6. The average Bonchev–Trinajstić information content (AvgIpc) is 2.74.